The highest BCUT2D eigenvalue weighted by Crippen LogP contribution is 2.25. The van der Waals surface area contributed by atoms with Crippen molar-refractivity contribution in [1.82, 2.24) is 9.97 Å². The van der Waals surface area contributed by atoms with Gasteiger partial charge in [0.05, 0.1) is 0 Å². The van der Waals surface area contributed by atoms with E-state index in [4.69, 9.17) is 11.1 Å². The van der Waals surface area contributed by atoms with Crippen molar-refractivity contribution in [3.8, 4) is 0 Å². The summed E-state index contributed by atoms with van der Waals surface area (Å²) in [5, 5.41) is 7.48. The molecule has 18 heavy (non-hydrogen) atoms. The molecular formula is C13H21N5. The Morgan fingerprint density at radius 3 is 2.72 bits per heavy atom. The van der Waals surface area contributed by atoms with E-state index in [1.165, 1.54) is 0 Å². The van der Waals surface area contributed by atoms with Crippen molar-refractivity contribution in [2.75, 3.05) is 18.0 Å². The summed E-state index contributed by atoms with van der Waals surface area (Å²) in [5.41, 5.74) is 6.88. The number of nitrogens with one attached hydrogen (secondary N) is 1. The van der Waals surface area contributed by atoms with Crippen LogP contribution in [0.2, 0.25) is 0 Å². The molecule has 5 heteroatoms. The molecule has 2 heterocycles. The molecule has 0 amide bonds. The van der Waals surface area contributed by atoms with Gasteiger partial charge in [0.1, 0.15) is 11.5 Å². The first kappa shape index (κ1) is 12.8. The van der Waals surface area contributed by atoms with Crippen molar-refractivity contribution >= 4 is 11.8 Å². The van der Waals surface area contributed by atoms with Crippen molar-refractivity contribution < 1.29 is 0 Å². The number of nitrogens with two attached hydrogens (primary N) is 1. The Labute approximate surface area is 108 Å². The zero-order valence-electron chi connectivity index (χ0n) is 11.3. The van der Waals surface area contributed by atoms with Gasteiger partial charge in [0.25, 0.3) is 0 Å². The fourth-order valence-corrected chi connectivity index (χ4v) is 2.28. The average molecular weight is 247 g/mol. The van der Waals surface area contributed by atoms with Crippen LogP contribution >= 0.6 is 0 Å². The van der Waals surface area contributed by atoms with Crippen molar-refractivity contribution in [2.45, 2.75) is 27.2 Å². The fourth-order valence-electron chi connectivity index (χ4n) is 2.28. The van der Waals surface area contributed by atoms with E-state index in [0.717, 1.165) is 31.1 Å². The molecule has 98 valence electrons. The Morgan fingerprint density at radius 2 is 2.11 bits per heavy atom. The number of aryl methyl sites for hydroxylation is 1. The summed E-state index contributed by atoms with van der Waals surface area (Å²) in [4.78, 5) is 11.0. The molecule has 1 aromatic heterocycles. The van der Waals surface area contributed by atoms with Crippen molar-refractivity contribution in [3.63, 3.8) is 0 Å². The van der Waals surface area contributed by atoms with Gasteiger partial charge in [0.2, 0.25) is 5.95 Å². The van der Waals surface area contributed by atoms with Crippen LogP contribution in [0.15, 0.2) is 6.07 Å². The van der Waals surface area contributed by atoms with Gasteiger partial charge in [-0.2, -0.15) is 0 Å². The van der Waals surface area contributed by atoms with Gasteiger partial charge in [0.15, 0.2) is 0 Å². The molecule has 0 spiro atoms. The largest absolute Gasteiger partial charge is 0.382 e. The summed E-state index contributed by atoms with van der Waals surface area (Å²) >= 11 is 0. The Bertz CT molecular complexity index is 457. The number of nitrogens with zero attached hydrogens (tertiary/aromatic N) is 3. The average Bonchev–Trinajstić information content (AvgIpc) is 2.31. The van der Waals surface area contributed by atoms with Gasteiger partial charge in [-0.3, -0.25) is 5.41 Å². The molecule has 2 atom stereocenters. The van der Waals surface area contributed by atoms with Gasteiger partial charge >= 0.3 is 0 Å². The van der Waals surface area contributed by atoms with Crippen LogP contribution in [0.3, 0.4) is 0 Å². The third-order valence-electron chi connectivity index (χ3n) is 3.74. The minimum Gasteiger partial charge on any atom is -0.382 e. The molecule has 0 saturated carbocycles. The second-order valence-electron chi connectivity index (χ2n) is 5.30. The van der Waals surface area contributed by atoms with Crippen LogP contribution in [0.25, 0.3) is 0 Å². The molecule has 1 saturated heterocycles. The maximum Gasteiger partial charge on any atom is 0.226 e. The maximum absolute atomic E-state index is 7.48. The van der Waals surface area contributed by atoms with Gasteiger partial charge in [-0.1, -0.05) is 13.8 Å². The molecule has 0 bridgehead atoms. The van der Waals surface area contributed by atoms with E-state index in [9.17, 15) is 0 Å². The maximum atomic E-state index is 7.48. The van der Waals surface area contributed by atoms with Crippen LogP contribution in [-0.4, -0.2) is 28.9 Å². The number of amidine groups is 1. The van der Waals surface area contributed by atoms with Crippen LogP contribution < -0.4 is 10.6 Å². The third-order valence-corrected chi connectivity index (χ3v) is 3.74. The van der Waals surface area contributed by atoms with Gasteiger partial charge in [0, 0.05) is 18.8 Å². The molecule has 1 aliphatic rings. The Balaban J connectivity index is 2.25. The highest BCUT2D eigenvalue weighted by molar-refractivity contribution is 5.93. The number of piperidine rings is 1. The summed E-state index contributed by atoms with van der Waals surface area (Å²) in [6.07, 6.45) is 1.16. The number of aromatic nitrogens is 2. The first-order valence-corrected chi connectivity index (χ1v) is 6.42. The van der Waals surface area contributed by atoms with Crippen LogP contribution in [0.5, 0.6) is 0 Å². The van der Waals surface area contributed by atoms with Gasteiger partial charge in [-0.05, 0) is 31.2 Å². The van der Waals surface area contributed by atoms with E-state index >= 15 is 0 Å². The first-order chi connectivity index (χ1) is 8.47. The van der Waals surface area contributed by atoms with Gasteiger partial charge in [-0.15, -0.1) is 0 Å². The van der Waals surface area contributed by atoms with E-state index in [0.29, 0.717) is 17.6 Å². The summed E-state index contributed by atoms with van der Waals surface area (Å²) in [7, 11) is 0. The SMILES string of the molecule is Cc1cc(C(=N)N)nc(N2CCC(C)C(C)C2)n1. The summed E-state index contributed by atoms with van der Waals surface area (Å²) in [6.45, 7) is 8.42. The monoisotopic (exact) mass is 247 g/mol. The number of hydrogen-bond acceptors (Lipinski definition) is 4. The van der Waals surface area contributed by atoms with Crippen LogP contribution in [0.4, 0.5) is 5.95 Å². The van der Waals surface area contributed by atoms with Crippen LogP contribution in [0, 0.1) is 24.2 Å². The quantitative estimate of drug-likeness (QED) is 0.614. The van der Waals surface area contributed by atoms with E-state index in [-0.39, 0.29) is 5.84 Å². The lowest BCUT2D eigenvalue weighted by Gasteiger charge is -2.35. The van der Waals surface area contributed by atoms with Gasteiger partial charge in [-0.25, -0.2) is 9.97 Å². The Morgan fingerprint density at radius 1 is 1.39 bits per heavy atom. The lowest BCUT2D eigenvalue weighted by molar-refractivity contribution is 0.321. The normalized spacial score (nSPS) is 24.1. The molecule has 1 aliphatic heterocycles. The number of nitrogen functional groups attached to an aromatic ring is 1. The highest BCUT2D eigenvalue weighted by atomic mass is 15.3. The second-order valence-corrected chi connectivity index (χ2v) is 5.30. The summed E-state index contributed by atoms with van der Waals surface area (Å²) < 4.78 is 0. The van der Waals surface area contributed by atoms with E-state index in [2.05, 4.69) is 28.7 Å². The summed E-state index contributed by atoms with van der Waals surface area (Å²) in [6, 6.07) is 1.75. The lowest BCUT2D eigenvalue weighted by Crippen LogP contribution is -2.39. The first-order valence-electron chi connectivity index (χ1n) is 6.42. The fraction of sp³-hybridized carbons (Fsp3) is 0.615. The number of rotatable bonds is 2. The molecule has 1 aromatic rings. The molecule has 0 aliphatic carbocycles. The minimum absolute atomic E-state index is 0.000163. The minimum atomic E-state index is 0.000163. The van der Waals surface area contributed by atoms with Crippen molar-refractivity contribution in [2.24, 2.45) is 17.6 Å². The van der Waals surface area contributed by atoms with Crippen LogP contribution in [0.1, 0.15) is 31.7 Å². The van der Waals surface area contributed by atoms with Crippen molar-refractivity contribution in [3.05, 3.63) is 17.5 Å². The number of hydrogen-bond donors (Lipinski definition) is 2. The molecular weight excluding hydrogens is 226 g/mol. The smallest absolute Gasteiger partial charge is 0.226 e. The molecule has 0 aromatic carbocycles. The third kappa shape index (κ3) is 2.60. The standard InChI is InChI=1S/C13H21N5/c1-8-4-5-18(7-9(8)2)13-16-10(3)6-11(17-13)12(14)15/h6,8-9H,4-5,7H2,1-3H3,(H3,14,15). The molecule has 0 radical (unpaired) electrons. The zero-order valence-corrected chi connectivity index (χ0v) is 11.3. The van der Waals surface area contributed by atoms with E-state index in [1.54, 1.807) is 6.07 Å². The summed E-state index contributed by atoms with van der Waals surface area (Å²) in [5.74, 6) is 2.10. The lowest BCUT2D eigenvalue weighted by atomic mass is 9.89. The predicted molar refractivity (Wildman–Crippen MR) is 72.9 cm³/mol. The molecule has 1 fully saturated rings. The van der Waals surface area contributed by atoms with Gasteiger partial charge < -0.3 is 10.6 Å². The topological polar surface area (TPSA) is 78.9 Å². The highest BCUT2D eigenvalue weighted by Gasteiger charge is 2.24. The Hall–Kier alpha value is -1.65. The van der Waals surface area contributed by atoms with Crippen LogP contribution in [-0.2, 0) is 0 Å². The predicted octanol–water partition coefficient (Wildman–Crippen LogP) is 1.55. The molecule has 5 nitrogen and oxygen atoms in total. The Kier molecular flexibility index (Phi) is 3.50. The number of anilines is 1. The van der Waals surface area contributed by atoms with E-state index in [1.807, 2.05) is 6.92 Å². The zero-order chi connectivity index (χ0) is 13.3. The van der Waals surface area contributed by atoms with Crippen molar-refractivity contribution in [1.29, 1.82) is 5.41 Å². The van der Waals surface area contributed by atoms with E-state index < -0.39 is 0 Å². The molecule has 2 rings (SSSR count). The second kappa shape index (κ2) is 4.92. The molecule has 3 N–H and O–H groups in total. The molecule has 2 unspecified atom stereocenters.